The van der Waals surface area contributed by atoms with E-state index < -0.39 is 25.6 Å². The van der Waals surface area contributed by atoms with E-state index in [1.54, 1.807) is 31.2 Å². The minimum absolute atomic E-state index is 0.00433. The average Bonchev–Trinajstić information content (AvgIpc) is 2.62. The fraction of sp³-hybridized carbons (Fsp3) is 0.250. The van der Waals surface area contributed by atoms with Crippen molar-refractivity contribution in [2.45, 2.75) is 19.3 Å². The third-order valence-corrected chi connectivity index (χ3v) is 3.70. The van der Waals surface area contributed by atoms with Crippen molar-refractivity contribution >= 4 is 11.9 Å². The summed E-state index contributed by atoms with van der Waals surface area (Å²) in [7, 11) is 0. The second-order valence-corrected chi connectivity index (χ2v) is 6.00. The van der Waals surface area contributed by atoms with E-state index in [1.165, 1.54) is 0 Å². The van der Waals surface area contributed by atoms with E-state index in [9.17, 15) is 31.1 Å². The maximum absolute atomic E-state index is 12.6. The van der Waals surface area contributed by atoms with Crippen LogP contribution in [0.2, 0.25) is 0 Å². The Morgan fingerprint density at radius 1 is 0.897 bits per heavy atom. The zero-order valence-electron chi connectivity index (χ0n) is 15.1. The third kappa shape index (κ3) is 6.85. The number of hydrogen-bond acceptors (Lipinski definition) is 3. The number of allylic oxidation sites excluding steroid dienone is 1. The Balaban J connectivity index is 2.54. The van der Waals surface area contributed by atoms with Crippen molar-refractivity contribution in [2.75, 3.05) is 13.2 Å². The minimum atomic E-state index is -4.63. The van der Waals surface area contributed by atoms with Crippen LogP contribution in [-0.4, -0.2) is 31.9 Å². The second kappa shape index (κ2) is 9.02. The lowest BCUT2D eigenvalue weighted by atomic mass is 9.93. The summed E-state index contributed by atoms with van der Waals surface area (Å²) in [6.45, 7) is -1.47. The van der Waals surface area contributed by atoms with Gasteiger partial charge in [-0.2, -0.15) is 26.3 Å². The molecule has 0 aliphatic heterocycles. The first-order chi connectivity index (χ1) is 13.5. The largest absolute Gasteiger partial charge is 0.484 e. The van der Waals surface area contributed by atoms with Crippen LogP contribution in [0.4, 0.5) is 26.3 Å². The van der Waals surface area contributed by atoms with Gasteiger partial charge in [-0.05, 0) is 47.9 Å². The molecule has 2 rings (SSSR count). The van der Waals surface area contributed by atoms with Gasteiger partial charge in [-0.25, -0.2) is 0 Å². The van der Waals surface area contributed by atoms with Crippen molar-refractivity contribution in [1.29, 1.82) is 0 Å². The van der Waals surface area contributed by atoms with Crippen LogP contribution in [0.1, 0.15) is 16.7 Å². The quantitative estimate of drug-likeness (QED) is 0.338. The molecule has 0 unspecified atom stereocenters. The highest BCUT2D eigenvalue weighted by atomic mass is 19.4. The third-order valence-electron chi connectivity index (χ3n) is 3.70. The topological polar surface area (TPSA) is 35.5 Å². The maximum Gasteiger partial charge on any atom is 0.422 e. The van der Waals surface area contributed by atoms with Gasteiger partial charge < -0.3 is 9.47 Å². The van der Waals surface area contributed by atoms with Gasteiger partial charge in [0.25, 0.3) is 0 Å². The van der Waals surface area contributed by atoms with Gasteiger partial charge in [0.1, 0.15) is 17.8 Å². The van der Waals surface area contributed by atoms with Crippen molar-refractivity contribution < 1.29 is 40.6 Å². The van der Waals surface area contributed by atoms with Gasteiger partial charge in [-0.1, -0.05) is 24.3 Å². The maximum atomic E-state index is 12.6. The summed E-state index contributed by atoms with van der Waals surface area (Å²) in [4.78, 5) is 11.2. The molecule has 3 nitrogen and oxygen atoms in total. The fourth-order valence-corrected chi connectivity index (χ4v) is 2.53. The van der Waals surface area contributed by atoms with E-state index in [1.807, 2.05) is 0 Å². The Bertz CT molecular complexity index is 885. The summed E-state index contributed by atoms with van der Waals surface area (Å²) in [6, 6.07) is 9.97. The van der Waals surface area contributed by atoms with E-state index in [4.69, 9.17) is 4.74 Å². The zero-order chi connectivity index (χ0) is 21.7. The van der Waals surface area contributed by atoms with Crippen LogP contribution >= 0.6 is 0 Å². The van der Waals surface area contributed by atoms with E-state index in [0.717, 1.165) is 24.3 Å². The summed E-state index contributed by atoms with van der Waals surface area (Å²) in [6.07, 6.45) is -7.69. The van der Waals surface area contributed by atoms with Crippen LogP contribution in [0.15, 0.2) is 48.5 Å². The van der Waals surface area contributed by atoms with Gasteiger partial charge in [0.15, 0.2) is 13.2 Å². The number of ether oxygens (including phenoxy) is 2. The predicted octanol–water partition coefficient (Wildman–Crippen LogP) is 5.51. The summed E-state index contributed by atoms with van der Waals surface area (Å²) in [5.41, 5.74) is 1.39. The molecule has 156 valence electrons. The van der Waals surface area contributed by atoms with Gasteiger partial charge in [-0.3, -0.25) is 4.79 Å². The van der Waals surface area contributed by atoms with E-state index in [2.05, 4.69) is 4.74 Å². The molecular formula is C20H16F6O3. The van der Waals surface area contributed by atoms with Gasteiger partial charge in [0, 0.05) is 5.56 Å². The number of carbonyl (C=O) groups is 1. The summed E-state index contributed by atoms with van der Waals surface area (Å²) in [5.74, 6) is -0.486. The van der Waals surface area contributed by atoms with E-state index in [-0.39, 0.29) is 22.6 Å². The first kappa shape index (κ1) is 22.3. The average molecular weight is 418 g/mol. The summed E-state index contributed by atoms with van der Waals surface area (Å²) in [5, 5.41) is 0. The molecule has 2 aromatic carbocycles. The Hall–Kier alpha value is -2.97. The number of halogens is 6. The molecule has 0 amide bonds. The van der Waals surface area contributed by atoms with Crippen LogP contribution in [0, 0.1) is 6.92 Å². The number of rotatable bonds is 7. The lowest BCUT2D eigenvalue weighted by Crippen LogP contribution is -2.20. The van der Waals surface area contributed by atoms with Gasteiger partial charge in [0.05, 0.1) is 0 Å². The number of carbonyl (C=O) groups excluding carboxylic acids is 1. The van der Waals surface area contributed by atoms with Crippen LogP contribution in [0.3, 0.4) is 0 Å². The molecule has 2 aromatic rings. The molecule has 0 saturated carbocycles. The molecule has 0 N–H and O–H groups in total. The van der Waals surface area contributed by atoms with Crippen molar-refractivity contribution in [3.8, 4) is 11.5 Å². The Morgan fingerprint density at radius 2 is 1.52 bits per heavy atom. The summed E-state index contributed by atoms with van der Waals surface area (Å²) >= 11 is 0. The fourth-order valence-electron chi connectivity index (χ4n) is 2.53. The van der Waals surface area contributed by atoms with Crippen LogP contribution < -0.4 is 9.47 Å². The van der Waals surface area contributed by atoms with Gasteiger partial charge in [0.2, 0.25) is 0 Å². The molecule has 0 radical (unpaired) electrons. The number of benzene rings is 2. The molecule has 0 bridgehead atoms. The van der Waals surface area contributed by atoms with Gasteiger partial charge >= 0.3 is 12.4 Å². The van der Waals surface area contributed by atoms with E-state index >= 15 is 0 Å². The Kier molecular flexibility index (Phi) is 6.94. The molecule has 29 heavy (non-hydrogen) atoms. The monoisotopic (exact) mass is 418 g/mol. The van der Waals surface area contributed by atoms with Crippen molar-refractivity contribution in [1.82, 2.24) is 0 Å². The highest BCUT2D eigenvalue weighted by Gasteiger charge is 2.30. The standard InChI is InChI=1S/C20H16F6O3/c1-13-4-2-3-5-15(13)16(8-9-27)17-10-14(28-11-19(21,22)23)6-7-18(17)29-12-20(24,25)26/h2-10H,11-12H2,1H3. The number of alkyl halides is 6. The molecule has 0 spiro atoms. The van der Waals surface area contributed by atoms with Crippen molar-refractivity contribution in [3.63, 3.8) is 0 Å². The Morgan fingerprint density at radius 3 is 2.10 bits per heavy atom. The molecule has 0 heterocycles. The zero-order valence-corrected chi connectivity index (χ0v) is 15.1. The van der Waals surface area contributed by atoms with Crippen LogP contribution in [-0.2, 0) is 4.79 Å². The molecule has 0 atom stereocenters. The van der Waals surface area contributed by atoms with Gasteiger partial charge in [-0.15, -0.1) is 0 Å². The SMILES string of the molecule is Cc1ccccc1C(=CC=O)c1cc(OCC(F)(F)F)ccc1OCC(F)(F)F. The Labute approximate surface area is 162 Å². The number of aldehydes is 1. The molecular weight excluding hydrogens is 402 g/mol. The van der Waals surface area contributed by atoms with E-state index in [0.29, 0.717) is 17.4 Å². The summed E-state index contributed by atoms with van der Waals surface area (Å²) < 4.78 is 84.6. The highest BCUT2D eigenvalue weighted by molar-refractivity contribution is 5.92. The first-order valence-corrected chi connectivity index (χ1v) is 8.25. The first-order valence-electron chi connectivity index (χ1n) is 8.25. The molecule has 0 aliphatic carbocycles. The number of aryl methyl sites for hydroxylation is 1. The van der Waals surface area contributed by atoms with Crippen molar-refractivity contribution in [2.24, 2.45) is 0 Å². The smallest absolute Gasteiger partial charge is 0.422 e. The lowest BCUT2D eigenvalue weighted by Gasteiger charge is -2.18. The lowest BCUT2D eigenvalue weighted by molar-refractivity contribution is -0.154. The molecule has 0 aliphatic rings. The minimum Gasteiger partial charge on any atom is -0.484 e. The number of hydrogen-bond donors (Lipinski definition) is 0. The van der Waals surface area contributed by atoms with Crippen LogP contribution in [0.25, 0.3) is 5.57 Å². The van der Waals surface area contributed by atoms with Crippen LogP contribution in [0.5, 0.6) is 11.5 Å². The van der Waals surface area contributed by atoms with Crippen molar-refractivity contribution in [3.05, 3.63) is 65.2 Å². The highest BCUT2D eigenvalue weighted by Crippen LogP contribution is 2.36. The predicted molar refractivity (Wildman–Crippen MR) is 93.9 cm³/mol. The normalized spacial score (nSPS) is 12.6. The molecule has 9 heteroatoms. The molecule has 0 aromatic heterocycles. The second-order valence-electron chi connectivity index (χ2n) is 6.00. The molecule has 0 fully saturated rings. The molecule has 0 saturated heterocycles.